The summed E-state index contributed by atoms with van der Waals surface area (Å²) in [6.07, 6.45) is -1.20. The molecule has 8 heteroatoms. The van der Waals surface area contributed by atoms with Gasteiger partial charge in [0.15, 0.2) is 6.10 Å². The van der Waals surface area contributed by atoms with E-state index in [9.17, 15) is 14.4 Å². The summed E-state index contributed by atoms with van der Waals surface area (Å²) < 4.78 is 15.9. The number of hydrogen-bond donors (Lipinski definition) is 2. The molecule has 1 aromatic carbocycles. The molecule has 1 atom stereocenters. The highest BCUT2D eigenvalue weighted by Gasteiger charge is 2.24. The second kappa shape index (κ2) is 7.03. The fraction of sp³-hybridized carbons (Fsp3) is 0.312. The number of primary amides is 1. The number of amides is 3. The third-order valence-electron chi connectivity index (χ3n) is 3.30. The third-order valence-corrected chi connectivity index (χ3v) is 3.30. The second-order valence-corrected chi connectivity index (χ2v) is 5.05. The van der Waals surface area contributed by atoms with Crippen LogP contribution in [0.5, 0.6) is 5.75 Å². The molecule has 0 fully saturated rings. The number of furan rings is 1. The van der Waals surface area contributed by atoms with Crippen molar-refractivity contribution in [2.75, 3.05) is 6.61 Å². The van der Waals surface area contributed by atoms with Gasteiger partial charge >= 0.3 is 12.0 Å². The van der Waals surface area contributed by atoms with Crippen LogP contribution in [0, 0.1) is 6.92 Å². The Morgan fingerprint density at radius 1 is 1.33 bits per heavy atom. The number of benzene rings is 1. The maximum Gasteiger partial charge on any atom is 0.375 e. The van der Waals surface area contributed by atoms with E-state index in [1.165, 1.54) is 6.92 Å². The van der Waals surface area contributed by atoms with Gasteiger partial charge in [0.1, 0.15) is 11.3 Å². The lowest BCUT2D eigenvalue weighted by molar-refractivity contribution is -0.127. The number of carbonyl (C=O) groups is 3. The monoisotopic (exact) mass is 334 g/mol. The molecule has 0 aliphatic rings. The second-order valence-electron chi connectivity index (χ2n) is 5.05. The number of rotatable bonds is 5. The maximum atomic E-state index is 12.2. The van der Waals surface area contributed by atoms with Crippen LogP contribution in [-0.2, 0) is 9.53 Å². The van der Waals surface area contributed by atoms with Crippen LogP contribution in [0.15, 0.2) is 22.6 Å². The number of imide groups is 1. The average Bonchev–Trinajstić information content (AvgIpc) is 2.84. The zero-order valence-electron chi connectivity index (χ0n) is 13.5. The zero-order chi connectivity index (χ0) is 17.9. The van der Waals surface area contributed by atoms with E-state index >= 15 is 0 Å². The van der Waals surface area contributed by atoms with Crippen LogP contribution in [0.4, 0.5) is 4.79 Å². The van der Waals surface area contributed by atoms with Crippen molar-refractivity contribution in [2.45, 2.75) is 26.9 Å². The predicted molar refractivity (Wildman–Crippen MR) is 84.7 cm³/mol. The topological polar surface area (TPSA) is 121 Å². The minimum absolute atomic E-state index is 0.0163. The molecular weight excluding hydrogens is 316 g/mol. The van der Waals surface area contributed by atoms with Crippen molar-refractivity contribution in [3.05, 3.63) is 29.5 Å². The van der Waals surface area contributed by atoms with Crippen molar-refractivity contribution in [1.82, 2.24) is 5.32 Å². The van der Waals surface area contributed by atoms with Crippen LogP contribution < -0.4 is 15.8 Å². The Morgan fingerprint density at radius 3 is 2.67 bits per heavy atom. The van der Waals surface area contributed by atoms with E-state index in [0.29, 0.717) is 28.9 Å². The van der Waals surface area contributed by atoms with Crippen LogP contribution >= 0.6 is 0 Å². The number of aryl methyl sites for hydroxylation is 1. The summed E-state index contributed by atoms with van der Waals surface area (Å²) in [5, 5.41) is 2.55. The lowest BCUT2D eigenvalue weighted by Crippen LogP contribution is -2.42. The molecule has 24 heavy (non-hydrogen) atoms. The van der Waals surface area contributed by atoms with Crippen LogP contribution in [0.1, 0.15) is 30.0 Å². The summed E-state index contributed by atoms with van der Waals surface area (Å²) in [5.41, 5.74) is 5.91. The summed E-state index contributed by atoms with van der Waals surface area (Å²) >= 11 is 0. The first kappa shape index (κ1) is 17.3. The van der Waals surface area contributed by atoms with Gasteiger partial charge in [-0.2, -0.15) is 0 Å². The highest BCUT2D eigenvalue weighted by atomic mass is 16.6. The molecule has 2 aromatic rings. The number of fused-ring (bicyclic) bond motifs is 1. The van der Waals surface area contributed by atoms with Gasteiger partial charge in [-0.05, 0) is 39.0 Å². The van der Waals surface area contributed by atoms with Gasteiger partial charge in [0, 0.05) is 10.9 Å². The number of ether oxygens (including phenoxy) is 2. The van der Waals surface area contributed by atoms with Gasteiger partial charge in [0.2, 0.25) is 5.76 Å². The number of hydrogen-bond acceptors (Lipinski definition) is 6. The molecule has 1 unspecified atom stereocenters. The van der Waals surface area contributed by atoms with Gasteiger partial charge in [0.05, 0.1) is 6.61 Å². The number of esters is 1. The molecule has 3 amide bonds. The lowest BCUT2D eigenvalue weighted by atomic mass is 10.1. The van der Waals surface area contributed by atoms with Crippen LogP contribution in [0.2, 0.25) is 0 Å². The number of carbonyl (C=O) groups excluding carboxylic acids is 3. The van der Waals surface area contributed by atoms with Crippen molar-refractivity contribution < 1.29 is 28.3 Å². The van der Waals surface area contributed by atoms with Crippen molar-refractivity contribution in [3.8, 4) is 5.75 Å². The fourth-order valence-electron chi connectivity index (χ4n) is 2.14. The summed E-state index contributed by atoms with van der Waals surface area (Å²) in [5.74, 6) is -0.988. The summed E-state index contributed by atoms with van der Waals surface area (Å²) in [4.78, 5) is 34.4. The van der Waals surface area contributed by atoms with Crippen LogP contribution in [-0.4, -0.2) is 30.6 Å². The molecule has 1 aromatic heterocycles. The molecule has 0 radical (unpaired) electrons. The van der Waals surface area contributed by atoms with Gasteiger partial charge in [-0.15, -0.1) is 0 Å². The summed E-state index contributed by atoms with van der Waals surface area (Å²) in [6, 6.07) is 4.16. The predicted octanol–water partition coefficient (Wildman–Crippen LogP) is 1.88. The van der Waals surface area contributed by atoms with E-state index in [1.54, 1.807) is 25.1 Å². The average molecular weight is 334 g/mol. The van der Waals surface area contributed by atoms with E-state index in [2.05, 4.69) is 0 Å². The zero-order valence-corrected chi connectivity index (χ0v) is 13.5. The highest BCUT2D eigenvalue weighted by molar-refractivity contribution is 5.99. The first-order chi connectivity index (χ1) is 11.3. The Hall–Kier alpha value is -3.03. The first-order valence-corrected chi connectivity index (χ1v) is 7.30. The van der Waals surface area contributed by atoms with E-state index in [1.807, 2.05) is 12.2 Å². The van der Waals surface area contributed by atoms with Crippen LogP contribution in [0.25, 0.3) is 11.0 Å². The third kappa shape index (κ3) is 3.65. The minimum atomic E-state index is -1.20. The highest BCUT2D eigenvalue weighted by Crippen LogP contribution is 2.29. The number of urea groups is 1. The Morgan fingerprint density at radius 2 is 2.04 bits per heavy atom. The van der Waals surface area contributed by atoms with Gasteiger partial charge < -0.3 is 19.6 Å². The van der Waals surface area contributed by atoms with Crippen LogP contribution in [0.3, 0.4) is 0 Å². The quantitative estimate of drug-likeness (QED) is 0.805. The number of nitrogens with two attached hydrogens (primary N) is 1. The van der Waals surface area contributed by atoms with E-state index < -0.39 is 24.0 Å². The Bertz CT molecular complexity index is 795. The van der Waals surface area contributed by atoms with Gasteiger partial charge in [-0.1, -0.05) is 0 Å². The molecule has 1 heterocycles. The van der Waals surface area contributed by atoms with Crippen molar-refractivity contribution in [1.29, 1.82) is 0 Å². The molecular formula is C16H18N2O6. The molecule has 0 saturated carbocycles. The van der Waals surface area contributed by atoms with Crippen molar-refractivity contribution in [2.24, 2.45) is 5.73 Å². The van der Waals surface area contributed by atoms with Crippen molar-refractivity contribution >= 4 is 28.9 Å². The molecule has 8 nitrogen and oxygen atoms in total. The van der Waals surface area contributed by atoms with Gasteiger partial charge in [0.25, 0.3) is 5.91 Å². The Balaban J connectivity index is 2.22. The standard InChI is InChI=1S/C16H18N2O6/c1-4-22-10-5-6-12-11(7-10)8(2)13(24-12)15(20)23-9(3)14(19)18-16(17)21/h5-7,9H,4H2,1-3H3,(H3,17,18,19,21). The largest absolute Gasteiger partial charge is 0.494 e. The molecule has 0 saturated heterocycles. The summed E-state index contributed by atoms with van der Waals surface area (Å²) in [6.45, 7) is 5.41. The Labute approximate surface area is 137 Å². The number of nitrogens with one attached hydrogen (secondary N) is 1. The molecule has 0 spiro atoms. The SMILES string of the molecule is CCOc1ccc2oc(C(=O)OC(C)C(=O)NC(N)=O)c(C)c2c1. The molecule has 0 aliphatic carbocycles. The van der Waals surface area contributed by atoms with Crippen molar-refractivity contribution in [3.63, 3.8) is 0 Å². The van der Waals surface area contributed by atoms with Gasteiger partial charge in [-0.25, -0.2) is 9.59 Å². The minimum Gasteiger partial charge on any atom is -0.494 e. The molecule has 2 rings (SSSR count). The Kier molecular flexibility index (Phi) is 5.08. The van der Waals surface area contributed by atoms with E-state index in [0.717, 1.165) is 0 Å². The normalized spacial score (nSPS) is 11.8. The first-order valence-electron chi connectivity index (χ1n) is 7.30. The lowest BCUT2D eigenvalue weighted by Gasteiger charge is -2.10. The smallest absolute Gasteiger partial charge is 0.375 e. The fourth-order valence-corrected chi connectivity index (χ4v) is 2.14. The van der Waals surface area contributed by atoms with E-state index in [-0.39, 0.29) is 5.76 Å². The van der Waals surface area contributed by atoms with E-state index in [4.69, 9.17) is 19.6 Å². The molecule has 128 valence electrons. The maximum absolute atomic E-state index is 12.2. The summed E-state index contributed by atoms with van der Waals surface area (Å²) in [7, 11) is 0. The molecule has 0 aliphatic heterocycles. The van der Waals surface area contributed by atoms with Gasteiger partial charge in [-0.3, -0.25) is 10.1 Å². The molecule has 0 bridgehead atoms. The molecule has 3 N–H and O–H groups in total.